The van der Waals surface area contributed by atoms with Gasteiger partial charge in [0.05, 0.1) is 13.2 Å². The molecule has 1 aliphatic rings. The highest BCUT2D eigenvalue weighted by atomic mass is 19.1. The lowest BCUT2D eigenvalue weighted by molar-refractivity contribution is -0.134. The van der Waals surface area contributed by atoms with Crippen molar-refractivity contribution in [1.29, 1.82) is 0 Å². The maximum Gasteiger partial charge on any atom is 0.328 e. The van der Waals surface area contributed by atoms with E-state index in [9.17, 15) is 14.0 Å². The summed E-state index contributed by atoms with van der Waals surface area (Å²) in [6, 6.07) is 7.10. The molecule has 0 atom stereocenters. The average Bonchev–Trinajstić information content (AvgIpc) is 2.96. The Morgan fingerprint density at radius 3 is 2.36 bits per heavy atom. The lowest BCUT2D eigenvalue weighted by Crippen LogP contribution is -2.37. The van der Waals surface area contributed by atoms with E-state index in [1.807, 2.05) is 6.07 Å². The Kier molecular flexibility index (Phi) is 8.16. The standard InChI is InChI=1S/C16H21FN2O.C4H4O4/c1-13-11-14-12-15(17)3-4-16(14)19(13)6-2-5-18-7-9-20-10-8-18;5-3(6)1-2-4(7)8/h3-4,11-12H,2,5-10H2,1H3;1-2H,(H,5,6)(H,7,8). The molecular weight excluding hydrogens is 367 g/mol. The van der Waals surface area contributed by atoms with E-state index in [2.05, 4.69) is 22.5 Å². The van der Waals surface area contributed by atoms with Gasteiger partial charge in [-0.3, -0.25) is 4.90 Å². The summed E-state index contributed by atoms with van der Waals surface area (Å²) in [4.78, 5) is 21.6. The summed E-state index contributed by atoms with van der Waals surface area (Å²) in [6.45, 7) is 7.96. The van der Waals surface area contributed by atoms with E-state index < -0.39 is 11.9 Å². The molecule has 7 nitrogen and oxygen atoms in total. The molecule has 28 heavy (non-hydrogen) atoms. The molecule has 0 unspecified atom stereocenters. The Balaban J connectivity index is 0.000000300. The van der Waals surface area contributed by atoms with Crippen LogP contribution in [0, 0.1) is 12.7 Å². The zero-order valence-corrected chi connectivity index (χ0v) is 15.8. The van der Waals surface area contributed by atoms with E-state index in [1.54, 1.807) is 12.1 Å². The Morgan fingerprint density at radius 2 is 1.75 bits per heavy atom. The number of halogens is 1. The van der Waals surface area contributed by atoms with Crippen LogP contribution in [0.5, 0.6) is 0 Å². The van der Waals surface area contributed by atoms with Crippen LogP contribution < -0.4 is 0 Å². The Morgan fingerprint density at radius 1 is 1.11 bits per heavy atom. The number of aryl methyl sites for hydroxylation is 2. The molecule has 8 heteroatoms. The minimum atomic E-state index is -1.26. The van der Waals surface area contributed by atoms with Gasteiger partial charge in [0.25, 0.3) is 0 Å². The number of hydrogen-bond donors (Lipinski definition) is 2. The number of morpholine rings is 1. The van der Waals surface area contributed by atoms with E-state index in [1.165, 1.54) is 5.69 Å². The molecule has 2 aromatic rings. The minimum absolute atomic E-state index is 0.164. The van der Waals surface area contributed by atoms with Gasteiger partial charge >= 0.3 is 11.9 Å². The first kappa shape index (κ1) is 21.6. The maximum atomic E-state index is 13.2. The number of aliphatic carboxylic acids is 2. The third-order valence-corrected chi connectivity index (χ3v) is 4.40. The summed E-state index contributed by atoms with van der Waals surface area (Å²) >= 11 is 0. The molecule has 0 bridgehead atoms. The van der Waals surface area contributed by atoms with Gasteiger partial charge in [-0.1, -0.05) is 0 Å². The molecule has 2 N–H and O–H groups in total. The summed E-state index contributed by atoms with van der Waals surface area (Å²) in [5.41, 5.74) is 2.33. The molecule has 0 aliphatic carbocycles. The summed E-state index contributed by atoms with van der Waals surface area (Å²) < 4.78 is 20.9. The first-order valence-electron chi connectivity index (χ1n) is 9.06. The number of fused-ring (bicyclic) bond motifs is 1. The van der Waals surface area contributed by atoms with Crippen LogP contribution in [-0.4, -0.2) is 64.5 Å². The van der Waals surface area contributed by atoms with E-state index in [0.717, 1.165) is 56.7 Å². The molecule has 0 spiro atoms. The summed E-state index contributed by atoms with van der Waals surface area (Å²) in [6.07, 6.45) is 2.23. The second-order valence-corrected chi connectivity index (χ2v) is 6.46. The average molecular weight is 392 g/mol. The number of rotatable bonds is 6. The van der Waals surface area contributed by atoms with Crippen molar-refractivity contribution in [2.24, 2.45) is 0 Å². The summed E-state index contributed by atoms with van der Waals surface area (Å²) in [7, 11) is 0. The predicted molar refractivity (Wildman–Crippen MR) is 103 cm³/mol. The molecule has 3 rings (SSSR count). The molecule has 1 aliphatic heterocycles. The molecule has 1 fully saturated rings. The van der Waals surface area contributed by atoms with Crippen molar-refractivity contribution in [1.82, 2.24) is 9.47 Å². The van der Waals surface area contributed by atoms with E-state index >= 15 is 0 Å². The first-order valence-corrected chi connectivity index (χ1v) is 9.06. The number of carboxylic acids is 2. The molecule has 2 heterocycles. The van der Waals surface area contributed by atoms with Crippen molar-refractivity contribution < 1.29 is 28.9 Å². The number of aromatic nitrogens is 1. The molecule has 1 aromatic heterocycles. The number of nitrogens with zero attached hydrogens (tertiary/aromatic N) is 2. The van der Waals surface area contributed by atoms with Crippen LogP contribution >= 0.6 is 0 Å². The van der Waals surface area contributed by atoms with Crippen molar-refractivity contribution in [3.8, 4) is 0 Å². The SMILES string of the molecule is Cc1cc2cc(F)ccc2n1CCCN1CCOCC1.O=C(O)C=CC(=O)O. The van der Waals surface area contributed by atoms with Gasteiger partial charge in [-0.25, -0.2) is 14.0 Å². The smallest absolute Gasteiger partial charge is 0.328 e. The third kappa shape index (κ3) is 6.79. The lowest BCUT2D eigenvalue weighted by atomic mass is 10.2. The predicted octanol–water partition coefficient (Wildman–Crippen LogP) is 2.52. The highest BCUT2D eigenvalue weighted by molar-refractivity contribution is 5.89. The topological polar surface area (TPSA) is 92.0 Å². The van der Waals surface area contributed by atoms with Gasteiger partial charge in [0, 0.05) is 54.9 Å². The monoisotopic (exact) mass is 392 g/mol. The van der Waals surface area contributed by atoms with Gasteiger partial charge in [-0.15, -0.1) is 0 Å². The number of carboxylic acid groups (broad SMARTS) is 2. The van der Waals surface area contributed by atoms with Gasteiger partial charge in [0.15, 0.2) is 0 Å². The second kappa shape index (κ2) is 10.6. The van der Waals surface area contributed by atoms with E-state index in [0.29, 0.717) is 12.2 Å². The number of benzene rings is 1. The minimum Gasteiger partial charge on any atom is -0.478 e. The van der Waals surface area contributed by atoms with Gasteiger partial charge in [-0.2, -0.15) is 0 Å². The second-order valence-electron chi connectivity index (χ2n) is 6.46. The summed E-state index contributed by atoms with van der Waals surface area (Å²) in [5, 5.41) is 16.6. The number of hydrogen-bond acceptors (Lipinski definition) is 4. The van der Waals surface area contributed by atoms with Crippen molar-refractivity contribution in [2.75, 3.05) is 32.8 Å². The molecule has 0 amide bonds. The van der Waals surface area contributed by atoms with Gasteiger partial charge < -0.3 is 19.5 Å². The van der Waals surface area contributed by atoms with Crippen LogP contribution in [0.4, 0.5) is 4.39 Å². The van der Waals surface area contributed by atoms with Crippen molar-refractivity contribution in [3.63, 3.8) is 0 Å². The fourth-order valence-corrected chi connectivity index (χ4v) is 3.10. The van der Waals surface area contributed by atoms with E-state index in [4.69, 9.17) is 14.9 Å². The van der Waals surface area contributed by atoms with Gasteiger partial charge in [0.2, 0.25) is 0 Å². The lowest BCUT2D eigenvalue weighted by Gasteiger charge is -2.26. The zero-order valence-electron chi connectivity index (χ0n) is 15.8. The Hall–Kier alpha value is -2.71. The van der Waals surface area contributed by atoms with Crippen LogP contribution in [0.2, 0.25) is 0 Å². The third-order valence-electron chi connectivity index (χ3n) is 4.40. The molecule has 152 valence electrons. The van der Waals surface area contributed by atoms with Crippen LogP contribution in [0.3, 0.4) is 0 Å². The molecular formula is C20H25FN2O5. The Labute approximate surface area is 162 Å². The zero-order chi connectivity index (χ0) is 20.5. The molecule has 1 saturated heterocycles. The molecule has 1 aromatic carbocycles. The molecule has 0 saturated carbocycles. The first-order chi connectivity index (χ1) is 13.4. The number of ether oxygens (including phenoxy) is 1. The normalized spacial score (nSPS) is 14.8. The van der Waals surface area contributed by atoms with Crippen molar-refractivity contribution in [3.05, 3.63) is 47.9 Å². The van der Waals surface area contributed by atoms with Crippen molar-refractivity contribution >= 4 is 22.8 Å². The summed E-state index contributed by atoms with van der Waals surface area (Å²) in [5.74, 6) is -2.68. The van der Waals surface area contributed by atoms with E-state index in [-0.39, 0.29) is 5.82 Å². The number of carbonyl (C=O) groups is 2. The Bertz CT molecular complexity index is 824. The highest BCUT2D eigenvalue weighted by Crippen LogP contribution is 2.21. The fourth-order valence-electron chi connectivity index (χ4n) is 3.10. The quantitative estimate of drug-likeness (QED) is 0.734. The van der Waals surface area contributed by atoms with Crippen LogP contribution in [-0.2, 0) is 20.9 Å². The highest BCUT2D eigenvalue weighted by Gasteiger charge is 2.11. The van der Waals surface area contributed by atoms with Crippen LogP contribution in [0.1, 0.15) is 12.1 Å². The van der Waals surface area contributed by atoms with Gasteiger partial charge in [-0.05, 0) is 37.6 Å². The van der Waals surface area contributed by atoms with Gasteiger partial charge in [0.1, 0.15) is 5.82 Å². The fraction of sp³-hybridized carbons (Fsp3) is 0.400. The largest absolute Gasteiger partial charge is 0.478 e. The maximum absolute atomic E-state index is 13.2. The van der Waals surface area contributed by atoms with Crippen LogP contribution in [0.25, 0.3) is 10.9 Å². The van der Waals surface area contributed by atoms with Crippen LogP contribution in [0.15, 0.2) is 36.4 Å². The van der Waals surface area contributed by atoms with Crippen molar-refractivity contribution in [2.45, 2.75) is 19.9 Å². The molecule has 0 radical (unpaired) electrons.